The van der Waals surface area contributed by atoms with Crippen molar-refractivity contribution < 1.29 is 9.59 Å². The zero-order valence-electron chi connectivity index (χ0n) is 20.0. The Morgan fingerprint density at radius 1 is 0.971 bits per heavy atom. The van der Waals surface area contributed by atoms with Gasteiger partial charge in [0.25, 0.3) is 5.91 Å². The minimum absolute atomic E-state index is 0.0497. The molecule has 0 spiro atoms. The topological polar surface area (TPSA) is 87.2 Å². The molecular formula is C28H27N5O2. The third-order valence-corrected chi connectivity index (χ3v) is 6.44. The second kappa shape index (κ2) is 8.83. The van der Waals surface area contributed by atoms with Crippen LogP contribution in [0.25, 0.3) is 10.8 Å². The minimum atomic E-state index is -0.263. The van der Waals surface area contributed by atoms with E-state index in [1.807, 2.05) is 47.4 Å². The number of carbonyl (C=O) groups excluding carboxylic acids is 2. The summed E-state index contributed by atoms with van der Waals surface area (Å²) >= 11 is 0. The fraction of sp³-hybridized carbons (Fsp3) is 0.214. The van der Waals surface area contributed by atoms with Crippen molar-refractivity contribution in [1.29, 1.82) is 0 Å². The van der Waals surface area contributed by atoms with Crippen LogP contribution in [0.4, 0.5) is 17.2 Å². The first-order chi connectivity index (χ1) is 16.8. The summed E-state index contributed by atoms with van der Waals surface area (Å²) in [5.74, 6) is 0.255. The highest BCUT2D eigenvalue weighted by atomic mass is 16.2. The predicted octanol–water partition coefficient (Wildman–Crippen LogP) is 5.27. The molecule has 0 aliphatic carbocycles. The standard InChI is InChI=1S/C28H27N5O2/c1-18(34)33-16-21-14-23(8-9-25(21)28(2,3)17-33)32-27(35)24-5-4-11-30-26(24)31-22-7-6-19-10-12-29-15-20(19)13-22/h4-15H,16-17H2,1-3H3,(H,30,31)(H,32,35). The average molecular weight is 466 g/mol. The number of pyridine rings is 2. The van der Waals surface area contributed by atoms with Gasteiger partial charge in [0.1, 0.15) is 5.82 Å². The number of nitrogens with one attached hydrogen (secondary N) is 2. The maximum atomic E-state index is 13.2. The molecule has 35 heavy (non-hydrogen) atoms. The highest BCUT2D eigenvalue weighted by molar-refractivity contribution is 6.08. The first kappa shape index (κ1) is 22.5. The summed E-state index contributed by atoms with van der Waals surface area (Å²) in [4.78, 5) is 35.7. The quantitative estimate of drug-likeness (QED) is 0.429. The van der Waals surface area contributed by atoms with E-state index >= 15 is 0 Å². The van der Waals surface area contributed by atoms with Gasteiger partial charge in [-0.05, 0) is 59.0 Å². The van der Waals surface area contributed by atoms with E-state index in [9.17, 15) is 9.59 Å². The molecular weight excluding hydrogens is 438 g/mol. The van der Waals surface area contributed by atoms with Crippen molar-refractivity contribution in [3.63, 3.8) is 0 Å². The molecule has 0 saturated heterocycles. The van der Waals surface area contributed by atoms with E-state index in [2.05, 4.69) is 34.4 Å². The summed E-state index contributed by atoms with van der Waals surface area (Å²) in [6, 6.07) is 17.3. The van der Waals surface area contributed by atoms with E-state index in [4.69, 9.17) is 0 Å². The molecule has 2 N–H and O–H groups in total. The first-order valence-electron chi connectivity index (χ1n) is 11.6. The fourth-order valence-corrected chi connectivity index (χ4v) is 4.70. The van der Waals surface area contributed by atoms with E-state index in [1.165, 1.54) is 5.56 Å². The average Bonchev–Trinajstić information content (AvgIpc) is 2.83. The molecule has 2 aromatic carbocycles. The highest BCUT2D eigenvalue weighted by Gasteiger charge is 2.32. The molecule has 1 aliphatic rings. The van der Waals surface area contributed by atoms with Crippen molar-refractivity contribution in [2.45, 2.75) is 32.7 Å². The second-order valence-electron chi connectivity index (χ2n) is 9.55. The van der Waals surface area contributed by atoms with Gasteiger partial charge < -0.3 is 15.5 Å². The van der Waals surface area contributed by atoms with E-state index in [0.29, 0.717) is 30.2 Å². The van der Waals surface area contributed by atoms with Gasteiger partial charge in [-0.15, -0.1) is 0 Å². The lowest BCUT2D eigenvalue weighted by Gasteiger charge is -2.39. The van der Waals surface area contributed by atoms with Crippen LogP contribution in [0, 0.1) is 0 Å². The van der Waals surface area contributed by atoms with Crippen LogP contribution in [0.15, 0.2) is 73.2 Å². The van der Waals surface area contributed by atoms with Crippen molar-refractivity contribution >= 4 is 39.8 Å². The highest BCUT2D eigenvalue weighted by Crippen LogP contribution is 2.35. The van der Waals surface area contributed by atoms with Gasteiger partial charge in [-0.1, -0.05) is 26.0 Å². The molecule has 0 saturated carbocycles. The van der Waals surface area contributed by atoms with Crippen molar-refractivity contribution in [2.75, 3.05) is 17.2 Å². The number of fused-ring (bicyclic) bond motifs is 2. The smallest absolute Gasteiger partial charge is 0.259 e. The molecule has 2 aromatic heterocycles. The van der Waals surface area contributed by atoms with Gasteiger partial charge in [0, 0.05) is 60.8 Å². The SMILES string of the molecule is CC(=O)N1Cc2cc(NC(=O)c3cccnc3Nc3ccc4ccncc4c3)ccc2C(C)(C)C1. The number of nitrogens with zero attached hydrogens (tertiary/aromatic N) is 3. The molecule has 176 valence electrons. The molecule has 3 heterocycles. The summed E-state index contributed by atoms with van der Waals surface area (Å²) in [7, 11) is 0. The largest absolute Gasteiger partial charge is 0.340 e. The fourth-order valence-electron chi connectivity index (χ4n) is 4.70. The van der Waals surface area contributed by atoms with Crippen molar-refractivity contribution in [3.05, 3.63) is 89.9 Å². The van der Waals surface area contributed by atoms with Crippen molar-refractivity contribution in [3.8, 4) is 0 Å². The Morgan fingerprint density at radius 3 is 2.63 bits per heavy atom. The van der Waals surface area contributed by atoms with Crippen LogP contribution in [-0.2, 0) is 16.8 Å². The normalized spacial score (nSPS) is 14.3. The maximum absolute atomic E-state index is 13.2. The molecule has 7 heteroatoms. The monoisotopic (exact) mass is 465 g/mol. The van der Waals surface area contributed by atoms with Crippen LogP contribution in [-0.4, -0.2) is 33.2 Å². The summed E-state index contributed by atoms with van der Waals surface area (Å²) in [5.41, 5.74) is 4.02. The van der Waals surface area contributed by atoms with Crippen LogP contribution >= 0.6 is 0 Å². The van der Waals surface area contributed by atoms with Gasteiger partial charge in [-0.3, -0.25) is 14.6 Å². The van der Waals surface area contributed by atoms with Gasteiger partial charge in [0.05, 0.1) is 5.56 Å². The lowest BCUT2D eigenvalue weighted by molar-refractivity contribution is -0.130. The number of rotatable bonds is 4. The van der Waals surface area contributed by atoms with Crippen LogP contribution in [0.3, 0.4) is 0 Å². The third kappa shape index (κ3) is 4.57. The predicted molar refractivity (Wildman–Crippen MR) is 138 cm³/mol. The van der Waals surface area contributed by atoms with E-state index in [0.717, 1.165) is 22.0 Å². The molecule has 0 unspecified atom stereocenters. The molecule has 5 rings (SSSR count). The van der Waals surface area contributed by atoms with E-state index in [-0.39, 0.29) is 17.2 Å². The Labute approximate surface area is 204 Å². The Morgan fingerprint density at radius 2 is 1.80 bits per heavy atom. The number of benzene rings is 2. The van der Waals surface area contributed by atoms with Gasteiger partial charge in [-0.2, -0.15) is 0 Å². The van der Waals surface area contributed by atoms with Crippen molar-refractivity contribution in [1.82, 2.24) is 14.9 Å². The van der Waals surface area contributed by atoms with Crippen LogP contribution < -0.4 is 10.6 Å². The molecule has 0 bridgehead atoms. The third-order valence-electron chi connectivity index (χ3n) is 6.44. The Kier molecular flexibility index (Phi) is 5.68. The summed E-state index contributed by atoms with van der Waals surface area (Å²) in [5, 5.41) is 8.35. The Balaban J connectivity index is 1.39. The zero-order chi connectivity index (χ0) is 24.6. The van der Waals surface area contributed by atoms with Crippen LogP contribution in [0.2, 0.25) is 0 Å². The first-order valence-corrected chi connectivity index (χ1v) is 11.6. The van der Waals surface area contributed by atoms with E-state index in [1.54, 1.807) is 37.6 Å². The number of hydrogen-bond donors (Lipinski definition) is 2. The van der Waals surface area contributed by atoms with Crippen LogP contribution in [0.1, 0.15) is 42.3 Å². The molecule has 0 radical (unpaired) electrons. The van der Waals surface area contributed by atoms with Gasteiger partial charge in [-0.25, -0.2) is 4.98 Å². The molecule has 2 amide bonds. The zero-order valence-corrected chi connectivity index (χ0v) is 20.0. The molecule has 0 atom stereocenters. The second-order valence-corrected chi connectivity index (χ2v) is 9.55. The Hall–Kier alpha value is -4.26. The molecule has 4 aromatic rings. The van der Waals surface area contributed by atoms with Gasteiger partial charge in [0.15, 0.2) is 0 Å². The molecule has 0 fully saturated rings. The summed E-state index contributed by atoms with van der Waals surface area (Å²) in [6.45, 7) is 7.08. The molecule has 7 nitrogen and oxygen atoms in total. The molecule has 1 aliphatic heterocycles. The number of aromatic nitrogens is 2. The number of amides is 2. The lowest BCUT2D eigenvalue weighted by Crippen LogP contribution is -2.44. The summed E-state index contributed by atoms with van der Waals surface area (Å²) in [6.07, 6.45) is 5.21. The summed E-state index contributed by atoms with van der Waals surface area (Å²) < 4.78 is 0. The lowest BCUT2D eigenvalue weighted by atomic mass is 9.78. The number of carbonyl (C=O) groups is 2. The van der Waals surface area contributed by atoms with Crippen LogP contribution in [0.5, 0.6) is 0 Å². The van der Waals surface area contributed by atoms with E-state index < -0.39 is 0 Å². The number of anilines is 3. The number of hydrogen-bond acceptors (Lipinski definition) is 5. The maximum Gasteiger partial charge on any atom is 0.259 e. The van der Waals surface area contributed by atoms with Crippen molar-refractivity contribution in [2.24, 2.45) is 0 Å². The van der Waals surface area contributed by atoms with Gasteiger partial charge >= 0.3 is 0 Å². The van der Waals surface area contributed by atoms with Gasteiger partial charge in [0.2, 0.25) is 5.91 Å². The Bertz CT molecular complexity index is 1450. The minimum Gasteiger partial charge on any atom is -0.340 e.